The van der Waals surface area contributed by atoms with Crippen molar-refractivity contribution >= 4 is 5.97 Å². The van der Waals surface area contributed by atoms with Crippen LogP contribution in [0, 0.1) is 29.1 Å². The lowest BCUT2D eigenvalue weighted by Crippen LogP contribution is -2.85. The number of hydrogen-bond donors (Lipinski definition) is 6. The Labute approximate surface area is 280 Å². The van der Waals surface area contributed by atoms with Crippen LogP contribution < -0.4 is 9.47 Å². The molecule has 48 heavy (non-hydrogen) atoms. The molecule has 8 rings (SSSR count). The van der Waals surface area contributed by atoms with E-state index in [4.69, 9.17) is 18.9 Å². The Morgan fingerprint density at radius 1 is 0.896 bits per heavy atom. The Morgan fingerprint density at radius 3 is 2.31 bits per heavy atom. The van der Waals surface area contributed by atoms with E-state index in [2.05, 4.69) is 11.8 Å². The number of carbonyl (C=O) groups is 1. The highest BCUT2D eigenvalue weighted by Gasteiger charge is 2.88. The smallest absolute Gasteiger partial charge is 0.338 e. The summed E-state index contributed by atoms with van der Waals surface area (Å²) in [6.07, 6.45) is 0.172. The van der Waals surface area contributed by atoms with Crippen molar-refractivity contribution in [1.29, 1.82) is 0 Å². The molecule has 266 valence electrons. The van der Waals surface area contributed by atoms with Gasteiger partial charge in [-0.2, -0.15) is 0 Å². The molecule has 2 unspecified atom stereocenters. The predicted octanol–water partition coefficient (Wildman–Crippen LogP) is 1.36. The van der Waals surface area contributed by atoms with Crippen molar-refractivity contribution in [3.63, 3.8) is 0 Å². The summed E-state index contributed by atoms with van der Waals surface area (Å²) < 4.78 is 23.5. The third kappa shape index (κ3) is 3.66. The molecule has 0 amide bonds. The molecule has 1 aromatic carbocycles. The molecule has 3 aliphatic heterocycles. The average molecular weight is 674 g/mol. The van der Waals surface area contributed by atoms with Crippen LogP contribution in [0.5, 0.6) is 11.5 Å². The number of hydrogen-bond acceptors (Lipinski definition) is 12. The molecule has 14 atom stereocenters. The van der Waals surface area contributed by atoms with Crippen LogP contribution in [-0.4, -0.2) is 121 Å². The van der Waals surface area contributed by atoms with Crippen molar-refractivity contribution in [2.45, 2.75) is 124 Å². The van der Waals surface area contributed by atoms with Gasteiger partial charge in [-0.15, -0.1) is 0 Å². The molecular formula is C36H51NO11. The summed E-state index contributed by atoms with van der Waals surface area (Å²) in [5.74, 6) is -3.63. The highest BCUT2D eigenvalue weighted by atomic mass is 16.7. The second-order valence-electron chi connectivity index (χ2n) is 16.8. The maximum absolute atomic E-state index is 13.5. The number of esters is 1. The number of aliphatic hydroxyl groups is 6. The summed E-state index contributed by atoms with van der Waals surface area (Å²) in [7, 11) is 2.97. The van der Waals surface area contributed by atoms with Crippen LogP contribution in [0.25, 0.3) is 0 Å². The number of benzene rings is 1. The number of nitrogens with zero attached hydrogens (tertiary/aromatic N) is 1. The monoisotopic (exact) mass is 673 g/mol. The average Bonchev–Trinajstić information content (AvgIpc) is 3.21. The maximum atomic E-state index is 13.5. The van der Waals surface area contributed by atoms with E-state index in [1.165, 1.54) is 20.3 Å². The molecular weight excluding hydrogens is 622 g/mol. The molecule has 0 aromatic heterocycles. The molecule has 0 radical (unpaired) electrons. The highest BCUT2D eigenvalue weighted by Crippen LogP contribution is 2.78. The minimum absolute atomic E-state index is 0.101. The van der Waals surface area contributed by atoms with E-state index >= 15 is 0 Å². The summed E-state index contributed by atoms with van der Waals surface area (Å²) in [5.41, 5.74) is -9.44. The molecule has 12 nitrogen and oxygen atoms in total. The second-order valence-corrected chi connectivity index (χ2v) is 16.8. The van der Waals surface area contributed by atoms with E-state index < -0.39 is 81.2 Å². The van der Waals surface area contributed by atoms with Crippen LogP contribution in [0.1, 0.15) is 82.5 Å². The highest BCUT2D eigenvalue weighted by molar-refractivity contribution is 5.90. The summed E-state index contributed by atoms with van der Waals surface area (Å²) in [4.78, 5) is 15.6. The summed E-state index contributed by atoms with van der Waals surface area (Å²) in [6, 6.07) is 4.28. The summed E-state index contributed by atoms with van der Waals surface area (Å²) >= 11 is 0. The van der Waals surface area contributed by atoms with E-state index in [1.807, 2.05) is 6.92 Å². The Hall–Kier alpha value is -2.03. The molecule has 4 saturated carbocycles. The number of aliphatic hydroxyl groups excluding tert-OH is 1. The quantitative estimate of drug-likeness (QED) is 0.253. The fourth-order valence-electron chi connectivity index (χ4n) is 12.6. The van der Waals surface area contributed by atoms with Crippen molar-refractivity contribution in [2.75, 3.05) is 27.3 Å². The number of methoxy groups -OCH3 is 2. The fraction of sp³-hybridized carbons (Fsp3) is 0.806. The van der Waals surface area contributed by atoms with Gasteiger partial charge in [-0.1, -0.05) is 13.8 Å². The predicted molar refractivity (Wildman–Crippen MR) is 169 cm³/mol. The van der Waals surface area contributed by atoms with Gasteiger partial charge in [-0.3, -0.25) is 4.90 Å². The minimum Gasteiger partial charge on any atom is -0.493 e. The number of fused-ring (bicyclic) bond motifs is 5. The maximum Gasteiger partial charge on any atom is 0.338 e. The van der Waals surface area contributed by atoms with Gasteiger partial charge in [0, 0.05) is 55.1 Å². The van der Waals surface area contributed by atoms with Crippen molar-refractivity contribution in [1.82, 2.24) is 4.90 Å². The zero-order valence-electron chi connectivity index (χ0n) is 28.5. The van der Waals surface area contributed by atoms with Crippen LogP contribution in [0.2, 0.25) is 0 Å². The Balaban J connectivity index is 1.16. The summed E-state index contributed by atoms with van der Waals surface area (Å²) in [5, 5.41) is 74.7. The third-order valence-corrected chi connectivity index (χ3v) is 14.9. The van der Waals surface area contributed by atoms with Gasteiger partial charge in [-0.05, 0) is 69.6 Å². The number of carbonyl (C=O) groups excluding carboxylic acids is 1. The SMILES string of the molecule is COc1ccc(C(=O)OC2CC[C@@]3(C)C4CC[C@H]5[C@]6(O)C[C@H](O)[C@@]7(O)[C@@H](CN8C[C@@H](C)CC[C@H]8[C@@]7(C)O)[C@]6(O)C[C@@]53O[C@@]24O)cc1OC. The van der Waals surface area contributed by atoms with Gasteiger partial charge in [0.2, 0.25) is 5.79 Å². The first-order chi connectivity index (χ1) is 22.5. The lowest BCUT2D eigenvalue weighted by Gasteiger charge is -2.68. The lowest BCUT2D eigenvalue weighted by molar-refractivity contribution is -0.354. The number of ether oxygens (including phenoxy) is 4. The van der Waals surface area contributed by atoms with Crippen LogP contribution >= 0.6 is 0 Å². The zero-order chi connectivity index (χ0) is 34.4. The molecule has 1 aromatic rings. The van der Waals surface area contributed by atoms with Gasteiger partial charge in [0.05, 0.1) is 31.5 Å². The number of rotatable bonds is 4. The molecule has 3 heterocycles. The summed E-state index contributed by atoms with van der Waals surface area (Å²) in [6.45, 7) is 6.57. The van der Waals surface area contributed by atoms with E-state index in [1.54, 1.807) is 19.1 Å². The van der Waals surface area contributed by atoms with E-state index in [9.17, 15) is 35.4 Å². The minimum atomic E-state index is -2.10. The Bertz CT molecular complexity index is 1520. The van der Waals surface area contributed by atoms with Gasteiger partial charge < -0.3 is 49.6 Å². The van der Waals surface area contributed by atoms with Crippen molar-refractivity contribution in [3.8, 4) is 11.5 Å². The van der Waals surface area contributed by atoms with Crippen LogP contribution in [-0.2, 0) is 9.47 Å². The van der Waals surface area contributed by atoms with Crippen molar-refractivity contribution in [3.05, 3.63) is 23.8 Å². The lowest BCUT2D eigenvalue weighted by atomic mass is 9.49. The van der Waals surface area contributed by atoms with E-state index in [-0.39, 0.29) is 24.9 Å². The van der Waals surface area contributed by atoms with Gasteiger partial charge in [0.1, 0.15) is 22.4 Å². The molecule has 4 aliphatic carbocycles. The first kappa shape index (κ1) is 33.1. The van der Waals surface area contributed by atoms with Crippen LogP contribution in [0.4, 0.5) is 0 Å². The van der Waals surface area contributed by atoms with E-state index in [0.717, 1.165) is 6.42 Å². The second kappa shape index (κ2) is 10.1. The normalized spacial score (nSPS) is 53.6. The first-order valence-electron chi connectivity index (χ1n) is 17.6. The molecule has 6 N–H and O–H groups in total. The standard InChI is InChI=1S/C36H51NO11/c1-19-6-11-26-31(3,40)35(43)25(17-37(26)16-19)33(42)18-34-24(32(33,41)15-27(35)38)10-9-23-30(34,2)13-12-28(36(23,44)48-34)47-29(39)20-7-8-21(45-4)22(14-20)46-5/h7-8,14,19,23-28,38,40-44H,6,9-13,15-18H2,1-5H3/t19-,23?,24-,25-,26-,27-,28?,30-,31+,32+,33+,34+,35-,36+/m0/s1. The molecule has 7 aliphatic rings. The fourth-order valence-corrected chi connectivity index (χ4v) is 12.6. The van der Waals surface area contributed by atoms with Gasteiger partial charge in [0.15, 0.2) is 17.6 Å². The molecule has 4 bridgehead atoms. The van der Waals surface area contributed by atoms with Crippen LogP contribution in [0.15, 0.2) is 18.2 Å². The van der Waals surface area contributed by atoms with E-state index in [0.29, 0.717) is 56.1 Å². The van der Waals surface area contributed by atoms with Gasteiger partial charge >= 0.3 is 5.97 Å². The Kier molecular flexibility index (Phi) is 6.94. The molecule has 1 spiro atoms. The van der Waals surface area contributed by atoms with Crippen LogP contribution in [0.3, 0.4) is 0 Å². The first-order valence-corrected chi connectivity index (χ1v) is 17.6. The third-order valence-electron chi connectivity index (χ3n) is 14.9. The topological polar surface area (TPSA) is 179 Å². The van der Waals surface area contributed by atoms with Gasteiger partial charge in [0.25, 0.3) is 0 Å². The van der Waals surface area contributed by atoms with Crippen molar-refractivity contribution < 1.29 is 54.4 Å². The molecule has 12 heteroatoms. The van der Waals surface area contributed by atoms with Gasteiger partial charge in [-0.25, -0.2) is 4.79 Å². The zero-order valence-corrected chi connectivity index (χ0v) is 28.5. The largest absolute Gasteiger partial charge is 0.493 e. The van der Waals surface area contributed by atoms with Crippen molar-refractivity contribution in [2.24, 2.45) is 29.1 Å². The molecule has 3 saturated heterocycles. The number of piperidine rings is 2. The Morgan fingerprint density at radius 2 is 1.60 bits per heavy atom. The molecule has 7 fully saturated rings.